The molecule has 5 heteroatoms. The van der Waals surface area contributed by atoms with E-state index in [0.29, 0.717) is 16.7 Å². The summed E-state index contributed by atoms with van der Waals surface area (Å²) in [6, 6.07) is 10.2. The zero-order valence-electron chi connectivity index (χ0n) is 9.87. The maximum absolute atomic E-state index is 11.2. The minimum Gasteiger partial charge on any atom is -0.423 e. The molecule has 1 heterocycles. The third-order valence-corrected chi connectivity index (χ3v) is 2.67. The molecule has 1 aromatic carbocycles. The van der Waals surface area contributed by atoms with Crippen molar-refractivity contribution in [3.8, 4) is 11.3 Å². The number of Topliss-reactive ketones (excluding diaryl/α,β-unsaturated/α-hetero) is 1. The monoisotopic (exact) mass is 241 g/mol. The molecule has 0 amide bonds. The van der Waals surface area contributed by atoms with Crippen LogP contribution in [0, 0.1) is 0 Å². The van der Waals surface area contributed by atoms with Gasteiger partial charge in [0, 0.05) is 17.3 Å². The Kier molecular flexibility index (Phi) is 3.55. The van der Waals surface area contributed by atoms with E-state index in [1.54, 1.807) is 30.3 Å². The minimum atomic E-state index is -1.51. The Morgan fingerprint density at radius 1 is 1.17 bits per heavy atom. The van der Waals surface area contributed by atoms with E-state index in [9.17, 15) is 4.79 Å². The van der Waals surface area contributed by atoms with Gasteiger partial charge in [0.25, 0.3) is 0 Å². The maximum Gasteiger partial charge on any atom is 0.488 e. The lowest BCUT2D eigenvalue weighted by Gasteiger charge is -2.04. The van der Waals surface area contributed by atoms with Gasteiger partial charge in [-0.1, -0.05) is 24.3 Å². The molecule has 0 spiro atoms. The molecule has 1 aromatic heterocycles. The Balaban J connectivity index is 2.36. The number of pyridine rings is 1. The smallest absolute Gasteiger partial charge is 0.423 e. The van der Waals surface area contributed by atoms with Crippen LogP contribution in [0.5, 0.6) is 0 Å². The second kappa shape index (κ2) is 5.12. The van der Waals surface area contributed by atoms with Gasteiger partial charge in [-0.15, -0.1) is 0 Å². The first-order chi connectivity index (χ1) is 8.58. The van der Waals surface area contributed by atoms with E-state index in [2.05, 4.69) is 4.98 Å². The molecule has 0 bridgehead atoms. The number of benzene rings is 1. The van der Waals surface area contributed by atoms with Crippen LogP contribution in [0.4, 0.5) is 0 Å². The SMILES string of the molecule is CC(=O)c1ccc(-c2cc(B(O)O)ccn2)cc1. The zero-order chi connectivity index (χ0) is 13.1. The summed E-state index contributed by atoms with van der Waals surface area (Å²) in [5, 5.41) is 18.2. The number of hydrogen-bond donors (Lipinski definition) is 2. The number of aromatic nitrogens is 1. The van der Waals surface area contributed by atoms with Crippen LogP contribution in [-0.2, 0) is 0 Å². The predicted octanol–water partition coefficient (Wildman–Crippen LogP) is 0.631. The number of rotatable bonds is 3. The van der Waals surface area contributed by atoms with Crippen molar-refractivity contribution in [2.75, 3.05) is 0 Å². The fraction of sp³-hybridized carbons (Fsp3) is 0.0769. The second-order valence-corrected chi connectivity index (χ2v) is 3.98. The summed E-state index contributed by atoms with van der Waals surface area (Å²) >= 11 is 0. The normalized spacial score (nSPS) is 10.2. The summed E-state index contributed by atoms with van der Waals surface area (Å²) in [6.45, 7) is 1.51. The van der Waals surface area contributed by atoms with E-state index in [1.807, 2.05) is 0 Å². The van der Waals surface area contributed by atoms with E-state index in [0.717, 1.165) is 5.56 Å². The van der Waals surface area contributed by atoms with Crippen LogP contribution in [-0.4, -0.2) is 27.9 Å². The summed E-state index contributed by atoms with van der Waals surface area (Å²) in [4.78, 5) is 15.3. The van der Waals surface area contributed by atoms with Gasteiger partial charge >= 0.3 is 7.12 Å². The highest BCUT2D eigenvalue weighted by molar-refractivity contribution is 6.58. The van der Waals surface area contributed by atoms with Crippen molar-refractivity contribution in [1.29, 1.82) is 0 Å². The number of carbonyl (C=O) groups is 1. The molecule has 0 fully saturated rings. The lowest BCUT2D eigenvalue weighted by molar-refractivity contribution is 0.101. The summed E-state index contributed by atoms with van der Waals surface area (Å²) in [5.74, 6) is 0.00837. The van der Waals surface area contributed by atoms with E-state index in [1.165, 1.54) is 19.2 Å². The summed E-state index contributed by atoms with van der Waals surface area (Å²) in [6.07, 6.45) is 1.52. The molecule has 0 aliphatic heterocycles. The summed E-state index contributed by atoms with van der Waals surface area (Å²) in [5.41, 5.74) is 2.48. The fourth-order valence-corrected chi connectivity index (χ4v) is 1.64. The third kappa shape index (κ3) is 2.64. The van der Waals surface area contributed by atoms with Crippen LogP contribution in [0.1, 0.15) is 17.3 Å². The van der Waals surface area contributed by atoms with E-state index >= 15 is 0 Å². The molecular formula is C13H12BNO3. The van der Waals surface area contributed by atoms with Gasteiger partial charge in [0.15, 0.2) is 5.78 Å². The van der Waals surface area contributed by atoms with E-state index in [4.69, 9.17) is 10.0 Å². The van der Waals surface area contributed by atoms with Crippen molar-refractivity contribution < 1.29 is 14.8 Å². The van der Waals surface area contributed by atoms with Gasteiger partial charge < -0.3 is 10.0 Å². The highest BCUT2D eigenvalue weighted by Crippen LogP contribution is 2.16. The Morgan fingerprint density at radius 2 is 1.83 bits per heavy atom. The van der Waals surface area contributed by atoms with Crippen molar-refractivity contribution in [2.45, 2.75) is 6.92 Å². The van der Waals surface area contributed by atoms with Crippen LogP contribution in [0.15, 0.2) is 42.6 Å². The zero-order valence-corrected chi connectivity index (χ0v) is 9.87. The number of nitrogens with zero attached hydrogens (tertiary/aromatic N) is 1. The summed E-state index contributed by atoms with van der Waals surface area (Å²) in [7, 11) is -1.51. The molecule has 2 aromatic rings. The average Bonchev–Trinajstić information content (AvgIpc) is 2.39. The quantitative estimate of drug-likeness (QED) is 0.610. The van der Waals surface area contributed by atoms with Crippen molar-refractivity contribution >= 4 is 18.4 Å². The van der Waals surface area contributed by atoms with Crippen molar-refractivity contribution in [2.24, 2.45) is 0 Å². The molecule has 0 radical (unpaired) electrons. The summed E-state index contributed by atoms with van der Waals surface area (Å²) < 4.78 is 0. The lowest BCUT2D eigenvalue weighted by Crippen LogP contribution is -2.29. The molecule has 90 valence electrons. The van der Waals surface area contributed by atoms with Crippen LogP contribution in [0.25, 0.3) is 11.3 Å². The van der Waals surface area contributed by atoms with Crippen molar-refractivity contribution in [3.63, 3.8) is 0 Å². The number of hydrogen-bond acceptors (Lipinski definition) is 4. The van der Waals surface area contributed by atoms with Gasteiger partial charge in [-0.3, -0.25) is 9.78 Å². The maximum atomic E-state index is 11.2. The molecular weight excluding hydrogens is 229 g/mol. The van der Waals surface area contributed by atoms with E-state index < -0.39 is 7.12 Å². The second-order valence-electron chi connectivity index (χ2n) is 3.98. The van der Waals surface area contributed by atoms with Gasteiger partial charge in [-0.2, -0.15) is 0 Å². The van der Waals surface area contributed by atoms with Crippen molar-refractivity contribution in [3.05, 3.63) is 48.2 Å². The molecule has 0 aliphatic carbocycles. The molecule has 0 atom stereocenters. The highest BCUT2D eigenvalue weighted by Gasteiger charge is 2.12. The number of carbonyl (C=O) groups excluding carboxylic acids is 1. The first-order valence-electron chi connectivity index (χ1n) is 5.51. The molecule has 0 aliphatic rings. The third-order valence-electron chi connectivity index (χ3n) is 2.67. The molecule has 18 heavy (non-hydrogen) atoms. The molecule has 2 rings (SSSR count). The van der Waals surface area contributed by atoms with Crippen LogP contribution in [0.2, 0.25) is 0 Å². The molecule has 0 unspecified atom stereocenters. The van der Waals surface area contributed by atoms with Gasteiger partial charge in [0.1, 0.15) is 0 Å². The Morgan fingerprint density at radius 3 is 2.39 bits per heavy atom. The minimum absolute atomic E-state index is 0.00837. The first-order valence-corrected chi connectivity index (χ1v) is 5.51. The van der Waals surface area contributed by atoms with Gasteiger partial charge in [-0.25, -0.2) is 0 Å². The van der Waals surface area contributed by atoms with Crippen molar-refractivity contribution in [1.82, 2.24) is 4.98 Å². The van der Waals surface area contributed by atoms with Gasteiger partial charge in [-0.05, 0) is 24.5 Å². The topological polar surface area (TPSA) is 70.4 Å². The molecule has 0 saturated heterocycles. The Bertz CT molecular complexity index is 567. The number of ketones is 1. The van der Waals surface area contributed by atoms with Gasteiger partial charge in [0.05, 0.1) is 5.69 Å². The van der Waals surface area contributed by atoms with Crippen LogP contribution >= 0.6 is 0 Å². The average molecular weight is 241 g/mol. The largest absolute Gasteiger partial charge is 0.488 e. The first kappa shape index (κ1) is 12.5. The Labute approximate surface area is 105 Å². The van der Waals surface area contributed by atoms with Crippen LogP contribution < -0.4 is 5.46 Å². The lowest BCUT2D eigenvalue weighted by atomic mass is 9.80. The van der Waals surface area contributed by atoms with E-state index in [-0.39, 0.29) is 5.78 Å². The van der Waals surface area contributed by atoms with Crippen LogP contribution in [0.3, 0.4) is 0 Å². The van der Waals surface area contributed by atoms with Gasteiger partial charge in [0.2, 0.25) is 0 Å². The fourth-order valence-electron chi connectivity index (χ4n) is 1.64. The highest BCUT2D eigenvalue weighted by atomic mass is 16.4. The molecule has 0 saturated carbocycles. The molecule has 4 nitrogen and oxygen atoms in total. The Hall–Kier alpha value is -1.98. The molecule has 2 N–H and O–H groups in total. The predicted molar refractivity (Wildman–Crippen MR) is 69.5 cm³/mol. The standard InChI is InChI=1S/C13H12BNO3/c1-9(16)10-2-4-11(5-3-10)13-8-12(14(17)18)6-7-15-13/h2-8,17-18H,1H3.